The first-order valence-electron chi connectivity index (χ1n) is 7.52. The lowest BCUT2D eigenvalue weighted by atomic mass is 9.96. The molecule has 1 aliphatic carbocycles. The zero-order valence-electron chi connectivity index (χ0n) is 12.7. The third-order valence-corrected chi connectivity index (χ3v) is 5.27. The van der Waals surface area contributed by atoms with Crippen molar-refractivity contribution in [1.29, 1.82) is 0 Å². The van der Waals surface area contributed by atoms with E-state index < -0.39 is 0 Å². The van der Waals surface area contributed by atoms with Gasteiger partial charge in [-0.2, -0.15) is 0 Å². The number of hydrogen-bond acceptors (Lipinski definition) is 5. The molecule has 4 rings (SSSR count). The molecule has 0 amide bonds. The average molecular weight is 311 g/mol. The van der Waals surface area contributed by atoms with Gasteiger partial charge in [0.25, 0.3) is 0 Å². The summed E-state index contributed by atoms with van der Waals surface area (Å²) in [4.78, 5) is 9.13. The molecule has 1 unspecified atom stereocenters. The molecule has 0 spiro atoms. The van der Waals surface area contributed by atoms with Crippen LogP contribution in [0.5, 0.6) is 0 Å². The van der Waals surface area contributed by atoms with E-state index in [1.807, 2.05) is 36.6 Å². The minimum Gasteiger partial charge on any atom is -0.260 e. The zero-order valence-corrected chi connectivity index (χ0v) is 13.5. The maximum atomic E-state index is 4.60. The first-order chi connectivity index (χ1) is 10.7. The van der Waals surface area contributed by atoms with Gasteiger partial charge in [-0.25, -0.2) is 4.98 Å². The zero-order chi connectivity index (χ0) is 15.1. The van der Waals surface area contributed by atoms with Gasteiger partial charge in [-0.1, -0.05) is 17.8 Å². The Morgan fingerprint density at radius 2 is 2.18 bits per heavy atom. The predicted molar refractivity (Wildman–Crippen MR) is 86.0 cm³/mol. The molecule has 0 bridgehead atoms. The maximum absolute atomic E-state index is 4.60. The first-order valence-corrected chi connectivity index (χ1v) is 8.40. The minimum atomic E-state index is 0.345. The van der Waals surface area contributed by atoms with E-state index in [2.05, 4.69) is 26.2 Å². The van der Waals surface area contributed by atoms with Crippen LogP contribution in [-0.2, 0) is 6.42 Å². The van der Waals surface area contributed by atoms with Crippen LogP contribution in [-0.4, -0.2) is 24.6 Å². The van der Waals surface area contributed by atoms with Crippen molar-refractivity contribution in [3.05, 3.63) is 47.2 Å². The van der Waals surface area contributed by atoms with Crippen LogP contribution >= 0.6 is 11.8 Å². The van der Waals surface area contributed by atoms with Gasteiger partial charge in [-0.05, 0) is 44.7 Å². The Morgan fingerprint density at radius 3 is 3.09 bits per heavy atom. The summed E-state index contributed by atoms with van der Waals surface area (Å²) in [6.45, 7) is 3.98. The van der Waals surface area contributed by atoms with Gasteiger partial charge in [0, 0.05) is 18.0 Å². The van der Waals surface area contributed by atoms with Crippen LogP contribution in [0.25, 0.3) is 5.65 Å². The first kappa shape index (κ1) is 13.7. The number of aromatic nitrogens is 5. The smallest absolute Gasteiger partial charge is 0.197 e. The summed E-state index contributed by atoms with van der Waals surface area (Å²) >= 11 is 1.75. The summed E-state index contributed by atoms with van der Waals surface area (Å²) in [5.74, 6) is 0.930. The molecule has 6 heteroatoms. The summed E-state index contributed by atoms with van der Waals surface area (Å²) < 4.78 is 2.04. The molecule has 5 nitrogen and oxygen atoms in total. The molecule has 3 aromatic rings. The summed E-state index contributed by atoms with van der Waals surface area (Å²) in [5.41, 5.74) is 4.40. The number of pyridine rings is 1. The summed E-state index contributed by atoms with van der Waals surface area (Å²) in [7, 11) is 0. The quantitative estimate of drug-likeness (QED) is 0.727. The van der Waals surface area contributed by atoms with Crippen molar-refractivity contribution in [3.8, 4) is 0 Å². The Hall–Kier alpha value is -1.95. The van der Waals surface area contributed by atoms with Gasteiger partial charge in [0.2, 0.25) is 0 Å². The van der Waals surface area contributed by atoms with Crippen LogP contribution in [0, 0.1) is 13.8 Å². The number of fused-ring (bicyclic) bond motifs is 2. The van der Waals surface area contributed by atoms with E-state index in [-0.39, 0.29) is 0 Å². The fourth-order valence-electron chi connectivity index (χ4n) is 3.09. The van der Waals surface area contributed by atoms with Gasteiger partial charge in [0.1, 0.15) is 5.82 Å². The van der Waals surface area contributed by atoms with Gasteiger partial charge in [-0.3, -0.25) is 9.38 Å². The molecule has 0 saturated heterocycles. The van der Waals surface area contributed by atoms with Crippen LogP contribution < -0.4 is 0 Å². The molecule has 0 radical (unpaired) electrons. The Kier molecular flexibility index (Phi) is 3.33. The third-order valence-electron chi connectivity index (χ3n) is 4.05. The van der Waals surface area contributed by atoms with Crippen molar-refractivity contribution in [2.24, 2.45) is 0 Å². The molecular formula is C16H17N5S. The monoisotopic (exact) mass is 311 g/mol. The Balaban J connectivity index is 1.73. The molecule has 0 aliphatic heterocycles. The minimum absolute atomic E-state index is 0.345. The third kappa shape index (κ3) is 2.27. The molecule has 1 aliphatic rings. The lowest BCUT2D eigenvalue weighted by Gasteiger charge is -2.22. The average Bonchev–Trinajstić information content (AvgIpc) is 2.90. The van der Waals surface area contributed by atoms with Crippen molar-refractivity contribution in [1.82, 2.24) is 24.6 Å². The van der Waals surface area contributed by atoms with E-state index in [4.69, 9.17) is 0 Å². The van der Waals surface area contributed by atoms with Crippen molar-refractivity contribution in [2.45, 2.75) is 43.5 Å². The van der Waals surface area contributed by atoms with Crippen molar-refractivity contribution in [2.75, 3.05) is 0 Å². The summed E-state index contributed by atoms with van der Waals surface area (Å²) in [5, 5.41) is 9.92. The second-order valence-electron chi connectivity index (χ2n) is 5.67. The molecule has 0 fully saturated rings. The highest BCUT2D eigenvalue weighted by atomic mass is 32.2. The van der Waals surface area contributed by atoms with Crippen molar-refractivity contribution >= 4 is 17.4 Å². The van der Waals surface area contributed by atoms with Gasteiger partial charge in [0.05, 0.1) is 10.9 Å². The topological polar surface area (TPSA) is 56.0 Å². The van der Waals surface area contributed by atoms with E-state index in [1.165, 1.54) is 17.7 Å². The standard InChI is InChI=1S/C16H17N5S/c1-10-9-14-19-20-16(21(14)11(2)18-10)22-13-7-3-5-12-6-4-8-17-15(12)13/h4,6,8-9,13H,3,5,7H2,1-2H3. The van der Waals surface area contributed by atoms with Crippen LogP contribution in [0.15, 0.2) is 29.6 Å². The van der Waals surface area contributed by atoms with Gasteiger partial charge in [0.15, 0.2) is 10.8 Å². The normalized spacial score (nSPS) is 17.6. The Morgan fingerprint density at radius 1 is 1.27 bits per heavy atom. The molecule has 112 valence electrons. The fraction of sp³-hybridized carbons (Fsp3) is 0.375. The SMILES string of the molecule is Cc1cc2nnc(SC3CCCc4cccnc43)n2c(C)n1. The van der Waals surface area contributed by atoms with E-state index >= 15 is 0 Å². The fourth-order valence-corrected chi connectivity index (χ4v) is 4.37. The summed E-state index contributed by atoms with van der Waals surface area (Å²) in [6, 6.07) is 6.18. The number of rotatable bonds is 2. The van der Waals surface area contributed by atoms with E-state index in [1.54, 1.807) is 11.8 Å². The number of thioether (sulfide) groups is 1. The van der Waals surface area contributed by atoms with E-state index in [0.717, 1.165) is 35.2 Å². The van der Waals surface area contributed by atoms with Crippen LogP contribution in [0.1, 0.15) is 40.9 Å². The Bertz CT molecular complexity index is 842. The number of hydrogen-bond donors (Lipinski definition) is 0. The summed E-state index contributed by atoms with van der Waals surface area (Å²) in [6.07, 6.45) is 5.34. The van der Waals surface area contributed by atoms with Gasteiger partial charge in [-0.15, -0.1) is 10.2 Å². The molecule has 22 heavy (non-hydrogen) atoms. The second kappa shape index (κ2) is 5.35. The predicted octanol–water partition coefficient (Wildman–Crippen LogP) is 3.31. The van der Waals surface area contributed by atoms with Crippen LogP contribution in [0.4, 0.5) is 0 Å². The second-order valence-corrected chi connectivity index (χ2v) is 6.84. The molecule has 0 saturated carbocycles. The molecule has 3 aromatic heterocycles. The molecular weight excluding hydrogens is 294 g/mol. The molecule has 3 heterocycles. The van der Waals surface area contributed by atoms with Crippen molar-refractivity contribution in [3.63, 3.8) is 0 Å². The largest absolute Gasteiger partial charge is 0.260 e. The lowest BCUT2D eigenvalue weighted by molar-refractivity contribution is 0.653. The van der Waals surface area contributed by atoms with Gasteiger partial charge < -0.3 is 0 Å². The lowest BCUT2D eigenvalue weighted by Crippen LogP contribution is -2.10. The highest BCUT2D eigenvalue weighted by molar-refractivity contribution is 7.99. The van der Waals surface area contributed by atoms with Gasteiger partial charge >= 0.3 is 0 Å². The van der Waals surface area contributed by atoms with Crippen LogP contribution in [0.3, 0.4) is 0 Å². The Labute approximate surface area is 133 Å². The highest BCUT2D eigenvalue weighted by Gasteiger charge is 2.24. The molecule has 0 aromatic carbocycles. The molecule has 0 N–H and O–H groups in total. The number of aryl methyl sites for hydroxylation is 3. The highest BCUT2D eigenvalue weighted by Crippen LogP contribution is 2.41. The van der Waals surface area contributed by atoms with E-state index in [9.17, 15) is 0 Å². The number of nitrogens with zero attached hydrogens (tertiary/aromatic N) is 5. The van der Waals surface area contributed by atoms with E-state index in [0.29, 0.717) is 5.25 Å². The molecule has 1 atom stereocenters. The maximum Gasteiger partial charge on any atom is 0.197 e. The van der Waals surface area contributed by atoms with Crippen molar-refractivity contribution < 1.29 is 0 Å². The van der Waals surface area contributed by atoms with Crippen LogP contribution in [0.2, 0.25) is 0 Å².